The van der Waals surface area contributed by atoms with Crippen molar-refractivity contribution in [3.8, 4) is 17.3 Å². The normalized spacial score (nSPS) is 16.3. The molecule has 7 nitrogen and oxygen atoms in total. The van der Waals surface area contributed by atoms with Crippen molar-refractivity contribution in [3.05, 3.63) is 30.5 Å². The van der Waals surface area contributed by atoms with Gasteiger partial charge in [0.1, 0.15) is 12.0 Å². The second-order valence-electron chi connectivity index (χ2n) is 6.60. The van der Waals surface area contributed by atoms with Crippen LogP contribution in [0.15, 0.2) is 24.9 Å². The Morgan fingerprint density at radius 3 is 2.96 bits per heavy atom. The summed E-state index contributed by atoms with van der Waals surface area (Å²) >= 11 is 0. The molecule has 0 amide bonds. The molecule has 1 fully saturated rings. The van der Waals surface area contributed by atoms with E-state index in [1.165, 1.54) is 19.2 Å². The van der Waals surface area contributed by atoms with Crippen LogP contribution in [0.4, 0.5) is 0 Å². The molecule has 0 aliphatic heterocycles. The van der Waals surface area contributed by atoms with Gasteiger partial charge in [0.15, 0.2) is 0 Å². The third kappa shape index (κ3) is 2.79. The van der Waals surface area contributed by atoms with Crippen molar-refractivity contribution in [2.24, 2.45) is 5.92 Å². The molecule has 1 saturated carbocycles. The number of hydrogen-bond acceptors (Lipinski definition) is 5. The molecule has 3 aromatic heterocycles. The summed E-state index contributed by atoms with van der Waals surface area (Å²) in [6.07, 6.45) is 12.3. The topological polar surface area (TPSA) is 103 Å². The van der Waals surface area contributed by atoms with Crippen molar-refractivity contribution in [1.29, 1.82) is 5.26 Å². The van der Waals surface area contributed by atoms with E-state index in [1.54, 1.807) is 12.4 Å². The molecule has 0 saturated heterocycles. The van der Waals surface area contributed by atoms with Crippen molar-refractivity contribution in [1.82, 2.24) is 24.7 Å². The van der Waals surface area contributed by atoms with Crippen molar-refractivity contribution in [3.63, 3.8) is 0 Å². The van der Waals surface area contributed by atoms with E-state index in [-0.39, 0.29) is 12.6 Å². The number of aromatic amines is 1. The third-order valence-corrected chi connectivity index (χ3v) is 5.18. The van der Waals surface area contributed by atoms with E-state index in [4.69, 9.17) is 0 Å². The van der Waals surface area contributed by atoms with Crippen molar-refractivity contribution < 1.29 is 5.11 Å². The molecule has 2 N–H and O–H groups in total. The van der Waals surface area contributed by atoms with E-state index in [1.807, 2.05) is 10.9 Å². The highest BCUT2D eigenvalue weighted by Crippen LogP contribution is 2.37. The molecule has 7 heteroatoms. The fourth-order valence-electron chi connectivity index (χ4n) is 3.92. The summed E-state index contributed by atoms with van der Waals surface area (Å²) in [5, 5.41) is 24.1. The summed E-state index contributed by atoms with van der Waals surface area (Å²) in [5.41, 5.74) is 3.10. The highest BCUT2D eigenvalue weighted by atomic mass is 16.3. The number of aliphatic hydroxyl groups excluding tert-OH is 1. The van der Waals surface area contributed by atoms with Crippen molar-refractivity contribution in [2.75, 3.05) is 0 Å². The number of fused-ring (bicyclic) bond motifs is 1. The van der Waals surface area contributed by atoms with Crippen LogP contribution in [-0.4, -0.2) is 29.8 Å². The first-order chi connectivity index (χ1) is 12.3. The average Bonchev–Trinajstić information content (AvgIpc) is 3.39. The average molecular weight is 336 g/mol. The Hall–Kier alpha value is -2.72. The maximum Gasteiger partial charge on any atom is 0.141 e. The van der Waals surface area contributed by atoms with E-state index in [9.17, 15) is 10.4 Å². The fourth-order valence-corrected chi connectivity index (χ4v) is 3.92. The minimum atomic E-state index is -0.0758. The van der Waals surface area contributed by atoms with Crippen LogP contribution in [0, 0.1) is 17.2 Å². The highest BCUT2D eigenvalue weighted by molar-refractivity contribution is 5.93. The van der Waals surface area contributed by atoms with Gasteiger partial charge in [0, 0.05) is 23.5 Å². The third-order valence-electron chi connectivity index (χ3n) is 5.18. The summed E-state index contributed by atoms with van der Waals surface area (Å²) in [6.45, 7) is -0.0758. The van der Waals surface area contributed by atoms with Crippen molar-refractivity contribution in [2.45, 2.75) is 44.8 Å². The lowest BCUT2D eigenvalue weighted by Gasteiger charge is -2.21. The summed E-state index contributed by atoms with van der Waals surface area (Å²) in [5.74, 6) is 0.512. The second-order valence-corrected chi connectivity index (χ2v) is 6.60. The molecule has 3 heterocycles. The smallest absolute Gasteiger partial charge is 0.141 e. The van der Waals surface area contributed by atoms with E-state index in [0.29, 0.717) is 18.0 Å². The molecule has 1 aliphatic carbocycles. The standard InChI is InChI=1S/C18H20N6O/c19-6-5-15(12-3-1-2-4-12)24-9-13(8-23-24)17-16-14(10-25)7-20-18(16)22-11-21-17/h7-9,11-12,15,25H,1-5,10H2,(H,20,21,22). The monoisotopic (exact) mass is 336 g/mol. The Morgan fingerprint density at radius 1 is 1.36 bits per heavy atom. The predicted octanol–water partition coefficient (Wildman–Crippen LogP) is 2.96. The molecule has 4 rings (SSSR count). The SMILES string of the molecule is N#CCC(C1CCCC1)n1cc(-c2ncnc3[nH]cc(CO)c23)cn1. The van der Waals surface area contributed by atoms with Crippen LogP contribution < -0.4 is 0 Å². The molecule has 0 bridgehead atoms. The molecule has 0 spiro atoms. The maximum atomic E-state index is 9.57. The van der Waals surface area contributed by atoms with Crippen LogP contribution in [0.25, 0.3) is 22.3 Å². The number of H-pyrrole nitrogens is 1. The van der Waals surface area contributed by atoms with Gasteiger partial charge in [-0.15, -0.1) is 0 Å². The molecule has 3 aromatic rings. The van der Waals surface area contributed by atoms with Gasteiger partial charge in [-0.1, -0.05) is 12.8 Å². The Kier molecular flexibility index (Phi) is 4.20. The Bertz CT molecular complexity index is 915. The minimum absolute atomic E-state index is 0.0758. The maximum absolute atomic E-state index is 9.57. The van der Waals surface area contributed by atoms with E-state index < -0.39 is 0 Å². The van der Waals surface area contributed by atoms with Crippen LogP contribution in [0.5, 0.6) is 0 Å². The predicted molar refractivity (Wildman–Crippen MR) is 92.3 cm³/mol. The molecule has 1 unspecified atom stereocenters. The molecular weight excluding hydrogens is 316 g/mol. The van der Waals surface area contributed by atoms with Crippen LogP contribution in [0.1, 0.15) is 43.7 Å². The number of aliphatic hydroxyl groups is 1. The van der Waals surface area contributed by atoms with Gasteiger partial charge in [-0.3, -0.25) is 4.68 Å². The zero-order chi connectivity index (χ0) is 17.2. The van der Waals surface area contributed by atoms with E-state index in [0.717, 1.165) is 35.0 Å². The number of aromatic nitrogens is 5. The minimum Gasteiger partial charge on any atom is -0.392 e. The first kappa shape index (κ1) is 15.8. The van der Waals surface area contributed by atoms with Gasteiger partial charge >= 0.3 is 0 Å². The van der Waals surface area contributed by atoms with Crippen LogP contribution >= 0.6 is 0 Å². The zero-order valence-corrected chi connectivity index (χ0v) is 13.9. The highest BCUT2D eigenvalue weighted by Gasteiger charge is 2.27. The molecule has 0 aromatic carbocycles. The molecule has 1 atom stereocenters. The van der Waals surface area contributed by atoms with Gasteiger partial charge in [0.05, 0.1) is 42.4 Å². The Morgan fingerprint density at radius 2 is 2.20 bits per heavy atom. The molecule has 1 aliphatic rings. The number of nitrogens with zero attached hydrogens (tertiary/aromatic N) is 5. The van der Waals surface area contributed by atoms with Gasteiger partial charge in [-0.2, -0.15) is 10.4 Å². The van der Waals surface area contributed by atoms with Crippen LogP contribution in [-0.2, 0) is 6.61 Å². The number of hydrogen-bond donors (Lipinski definition) is 2. The fraction of sp³-hybridized carbons (Fsp3) is 0.444. The first-order valence-electron chi connectivity index (χ1n) is 8.65. The number of nitriles is 1. The van der Waals surface area contributed by atoms with Crippen molar-refractivity contribution >= 4 is 11.0 Å². The lowest BCUT2D eigenvalue weighted by molar-refractivity contribution is 0.283. The first-order valence-corrected chi connectivity index (χ1v) is 8.65. The van der Waals surface area contributed by atoms with Gasteiger partial charge in [-0.05, 0) is 18.8 Å². The van der Waals surface area contributed by atoms with Gasteiger partial charge in [0.25, 0.3) is 0 Å². The van der Waals surface area contributed by atoms with E-state index >= 15 is 0 Å². The van der Waals surface area contributed by atoms with Crippen LogP contribution in [0.3, 0.4) is 0 Å². The second kappa shape index (κ2) is 6.65. The quantitative estimate of drug-likeness (QED) is 0.745. The number of rotatable bonds is 5. The van der Waals surface area contributed by atoms with Gasteiger partial charge in [-0.25, -0.2) is 9.97 Å². The largest absolute Gasteiger partial charge is 0.392 e. The lowest BCUT2D eigenvalue weighted by atomic mass is 9.96. The molecule has 128 valence electrons. The summed E-state index contributed by atoms with van der Waals surface area (Å²) in [7, 11) is 0. The summed E-state index contributed by atoms with van der Waals surface area (Å²) in [4.78, 5) is 11.7. The zero-order valence-electron chi connectivity index (χ0n) is 13.9. The van der Waals surface area contributed by atoms with Crippen LogP contribution in [0.2, 0.25) is 0 Å². The Balaban J connectivity index is 1.74. The van der Waals surface area contributed by atoms with Gasteiger partial charge < -0.3 is 10.1 Å². The molecular formula is C18H20N6O. The summed E-state index contributed by atoms with van der Waals surface area (Å²) < 4.78 is 1.92. The summed E-state index contributed by atoms with van der Waals surface area (Å²) in [6, 6.07) is 2.42. The number of nitrogens with one attached hydrogen (secondary N) is 1. The lowest BCUT2D eigenvalue weighted by Crippen LogP contribution is -2.17. The van der Waals surface area contributed by atoms with E-state index in [2.05, 4.69) is 26.1 Å². The molecule has 25 heavy (non-hydrogen) atoms. The van der Waals surface area contributed by atoms with Gasteiger partial charge in [0.2, 0.25) is 0 Å². The molecule has 0 radical (unpaired) electrons. The Labute approximate surface area is 145 Å².